The van der Waals surface area contributed by atoms with Crippen LogP contribution in [0.1, 0.15) is 52.4 Å². The summed E-state index contributed by atoms with van der Waals surface area (Å²) < 4.78 is 11.8. The zero-order chi connectivity index (χ0) is 14.9. The Morgan fingerprint density at radius 1 is 1.10 bits per heavy atom. The molecule has 0 saturated heterocycles. The van der Waals surface area contributed by atoms with Crippen molar-refractivity contribution in [3.05, 3.63) is 24.3 Å². The van der Waals surface area contributed by atoms with E-state index in [2.05, 4.69) is 12.2 Å². The van der Waals surface area contributed by atoms with Crippen molar-refractivity contribution in [1.82, 2.24) is 5.32 Å². The standard InChI is InChI=1S/C18H29NO2/c1-3-13-19-17-11-6-5-7-12-18(17)21-16-10-8-9-15(14-16)20-4-2/h8-10,14,17-19H,3-7,11-13H2,1-2H3. The highest BCUT2D eigenvalue weighted by molar-refractivity contribution is 5.33. The normalized spacial score (nSPS) is 22.6. The van der Waals surface area contributed by atoms with E-state index in [0.717, 1.165) is 24.5 Å². The molecule has 1 aliphatic rings. The van der Waals surface area contributed by atoms with Gasteiger partial charge < -0.3 is 14.8 Å². The van der Waals surface area contributed by atoms with Gasteiger partial charge in [0.15, 0.2) is 0 Å². The van der Waals surface area contributed by atoms with E-state index in [1.54, 1.807) is 0 Å². The number of nitrogens with one attached hydrogen (secondary N) is 1. The van der Waals surface area contributed by atoms with Crippen LogP contribution in [0.15, 0.2) is 24.3 Å². The first-order chi connectivity index (χ1) is 10.3. The Morgan fingerprint density at radius 2 is 1.90 bits per heavy atom. The van der Waals surface area contributed by atoms with Crippen molar-refractivity contribution >= 4 is 0 Å². The van der Waals surface area contributed by atoms with Gasteiger partial charge in [-0.3, -0.25) is 0 Å². The van der Waals surface area contributed by atoms with E-state index in [1.807, 2.05) is 31.2 Å². The van der Waals surface area contributed by atoms with Crippen molar-refractivity contribution in [3.8, 4) is 11.5 Å². The van der Waals surface area contributed by atoms with Crippen LogP contribution in [0.5, 0.6) is 11.5 Å². The van der Waals surface area contributed by atoms with Gasteiger partial charge in [0.05, 0.1) is 6.61 Å². The smallest absolute Gasteiger partial charge is 0.123 e. The van der Waals surface area contributed by atoms with Crippen LogP contribution >= 0.6 is 0 Å². The molecule has 1 aromatic carbocycles. The molecule has 1 aliphatic carbocycles. The summed E-state index contributed by atoms with van der Waals surface area (Å²) in [5.74, 6) is 1.82. The van der Waals surface area contributed by atoms with E-state index in [0.29, 0.717) is 12.6 Å². The van der Waals surface area contributed by atoms with Crippen molar-refractivity contribution in [2.75, 3.05) is 13.2 Å². The first-order valence-corrected chi connectivity index (χ1v) is 8.46. The minimum Gasteiger partial charge on any atom is -0.494 e. The summed E-state index contributed by atoms with van der Waals surface area (Å²) in [5.41, 5.74) is 0. The zero-order valence-electron chi connectivity index (χ0n) is 13.4. The summed E-state index contributed by atoms with van der Waals surface area (Å²) in [6.45, 7) is 5.98. The largest absolute Gasteiger partial charge is 0.494 e. The third-order valence-electron chi connectivity index (χ3n) is 4.01. The first kappa shape index (κ1) is 16.2. The molecule has 2 atom stereocenters. The van der Waals surface area contributed by atoms with Gasteiger partial charge in [-0.25, -0.2) is 0 Å². The van der Waals surface area contributed by atoms with Crippen LogP contribution < -0.4 is 14.8 Å². The van der Waals surface area contributed by atoms with E-state index in [4.69, 9.17) is 9.47 Å². The molecule has 3 heteroatoms. The van der Waals surface area contributed by atoms with E-state index >= 15 is 0 Å². The Hall–Kier alpha value is -1.22. The summed E-state index contributed by atoms with van der Waals surface area (Å²) in [4.78, 5) is 0. The number of ether oxygens (including phenoxy) is 2. The van der Waals surface area contributed by atoms with Crippen LogP contribution in [0.3, 0.4) is 0 Å². The predicted octanol–water partition coefficient (Wildman–Crippen LogP) is 4.17. The highest BCUT2D eigenvalue weighted by Crippen LogP contribution is 2.26. The van der Waals surface area contributed by atoms with Gasteiger partial charge in [0.2, 0.25) is 0 Å². The van der Waals surface area contributed by atoms with Crippen LogP contribution in [-0.2, 0) is 0 Å². The van der Waals surface area contributed by atoms with E-state index in [-0.39, 0.29) is 6.10 Å². The van der Waals surface area contributed by atoms with E-state index in [1.165, 1.54) is 32.1 Å². The van der Waals surface area contributed by atoms with Crippen LogP contribution in [0.2, 0.25) is 0 Å². The lowest BCUT2D eigenvalue weighted by molar-refractivity contribution is 0.144. The Balaban J connectivity index is 2.01. The molecule has 2 rings (SSSR count). The van der Waals surface area contributed by atoms with Crippen molar-refractivity contribution < 1.29 is 9.47 Å². The van der Waals surface area contributed by atoms with Gasteiger partial charge in [0.1, 0.15) is 17.6 Å². The molecule has 0 spiro atoms. The molecule has 1 saturated carbocycles. The second kappa shape index (κ2) is 8.93. The molecule has 0 aromatic heterocycles. The van der Waals surface area contributed by atoms with Crippen molar-refractivity contribution in [1.29, 1.82) is 0 Å². The maximum absolute atomic E-state index is 6.29. The second-order valence-electron chi connectivity index (χ2n) is 5.76. The average molecular weight is 291 g/mol. The van der Waals surface area contributed by atoms with Crippen LogP contribution in [0.4, 0.5) is 0 Å². The maximum atomic E-state index is 6.29. The summed E-state index contributed by atoms with van der Waals surface area (Å²) in [6, 6.07) is 8.50. The molecular formula is C18H29NO2. The molecule has 0 aliphatic heterocycles. The minimum atomic E-state index is 0.274. The Labute approximate surface area is 129 Å². The SMILES string of the molecule is CCCNC1CCCCCC1Oc1cccc(OCC)c1. The molecule has 0 bridgehead atoms. The Morgan fingerprint density at radius 3 is 2.71 bits per heavy atom. The number of hydrogen-bond donors (Lipinski definition) is 1. The fraction of sp³-hybridized carbons (Fsp3) is 0.667. The highest BCUT2D eigenvalue weighted by atomic mass is 16.5. The summed E-state index contributed by atoms with van der Waals surface area (Å²) >= 11 is 0. The van der Waals surface area contributed by atoms with Gasteiger partial charge in [-0.1, -0.05) is 25.8 Å². The molecule has 0 heterocycles. The maximum Gasteiger partial charge on any atom is 0.123 e. The molecule has 1 N–H and O–H groups in total. The summed E-state index contributed by atoms with van der Waals surface area (Å²) in [7, 11) is 0. The van der Waals surface area contributed by atoms with Gasteiger partial charge in [-0.2, -0.15) is 0 Å². The monoisotopic (exact) mass is 291 g/mol. The van der Waals surface area contributed by atoms with Crippen molar-refractivity contribution in [2.45, 2.75) is 64.5 Å². The molecule has 118 valence electrons. The van der Waals surface area contributed by atoms with Gasteiger partial charge >= 0.3 is 0 Å². The number of rotatable bonds is 7. The van der Waals surface area contributed by atoms with Gasteiger partial charge in [-0.05, 0) is 51.3 Å². The second-order valence-corrected chi connectivity index (χ2v) is 5.76. The fourth-order valence-corrected chi connectivity index (χ4v) is 2.96. The molecular weight excluding hydrogens is 262 g/mol. The van der Waals surface area contributed by atoms with Crippen molar-refractivity contribution in [2.24, 2.45) is 0 Å². The highest BCUT2D eigenvalue weighted by Gasteiger charge is 2.24. The van der Waals surface area contributed by atoms with Gasteiger partial charge in [-0.15, -0.1) is 0 Å². The summed E-state index contributed by atoms with van der Waals surface area (Å²) in [5, 5.41) is 3.67. The fourth-order valence-electron chi connectivity index (χ4n) is 2.96. The quantitative estimate of drug-likeness (QED) is 0.765. The lowest BCUT2D eigenvalue weighted by Crippen LogP contribution is -2.42. The summed E-state index contributed by atoms with van der Waals surface area (Å²) in [6.07, 6.45) is 7.69. The average Bonchev–Trinajstić information content (AvgIpc) is 2.71. The lowest BCUT2D eigenvalue weighted by atomic mass is 10.1. The number of hydrogen-bond acceptors (Lipinski definition) is 3. The topological polar surface area (TPSA) is 30.5 Å². The zero-order valence-corrected chi connectivity index (χ0v) is 13.4. The Kier molecular flexibility index (Phi) is 6.87. The van der Waals surface area contributed by atoms with E-state index < -0.39 is 0 Å². The molecule has 2 unspecified atom stereocenters. The third-order valence-corrected chi connectivity index (χ3v) is 4.01. The van der Waals surface area contributed by atoms with Crippen LogP contribution in [0.25, 0.3) is 0 Å². The minimum absolute atomic E-state index is 0.274. The Bertz CT molecular complexity index is 408. The third kappa shape index (κ3) is 5.24. The molecule has 3 nitrogen and oxygen atoms in total. The van der Waals surface area contributed by atoms with Gasteiger partial charge in [0.25, 0.3) is 0 Å². The van der Waals surface area contributed by atoms with Crippen molar-refractivity contribution in [3.63, 3.8) is 0 Å². The van der Waals surface area contributed by atoms with Gasteiger partial charge in [0, 0.05) is 12.1 Å². The molecule has 1 fully saturated rings. The predicted molar refractivity (Wildman–Crippen MR) is 87.2 cm³/mol. The van der Waals surface area contributed by atoms with E-state index in [9.17, 15) is 0 Å². The molecule has 0 amide bonds. The van der Waals surface area contributed by atoms with Crippen LogP contribution in [-0.4, -0.2) is 25.3 Å². The lowest BCUT2D eigenvalue weighted by Gasteiger charge is -2.27. The molecule has 21 heavy (non-hydrogen) atoms. The number of benzene rings is 1. The first-order valence-electron chi connectivity index (χ1n) is 8.46. The van der Waals surface area contributed by atoms with Crippen LogP contribution in [0, 0.1) is 0 Å². The molecule has 1 aromatic rings. The molecule has 0 radical (unpaired) electrons.